The average Bonchev–Trinajstić information content (AvgIpc) is 2.87. The first-order valence-electron chi connectivity index (χ1n) is 8.56. The van der Waals surface area contributed by atoms with E-state index in [0.29, 0.717) is 48.2 Å². The molecular formula is C20H20BrFN2O2. The van der Waals surface area contributed by atoms with E-state index in [4.69, 9.17) is 0 Å². The van der Waals surface area contributed by atoms with Crippen molar-refractivity contribution < 1.29 is 14.0 Å². The molecule has 1 aliphatic rings. The lowest BCUT2D eigenvalue weighted by atomic mass is 10.1. The van der Waals surface area contributed by atoms with Crippen molar-refractivity contribution in [3.8, 4) is 0 Å². The molecule has 0 aliphatic carbocycles. The van der Waals surface area contributed by atoms with Gasteiger partial charge < -0.3 is 9.80 Å². The molecule has 1 aliphatic heterocycles. The fourth-order valence-corrected chi connectivity index (χ4v) is 3.64. The number of aryl methyl sites for hydroxylation is 1. The average molecular weight is 419 g/mol. The Hall–Kier alpha value is -2.21. The van der Waals surface area contributed by atoms with Crippen molar-refractivity contribution >= 4 is 27.7 Å². The number of hydrogen-bond acceptors (Lipinski definition) is 2. The molecule has 6 heteroatoms. The number of amides is 2. The number of nitrogens with zero attached hydrogens (tertiary/aromatic N) is 2. The van der Waals surface area contributed by atoms with Crippen LogP contribution in [0, 0.1) is 12.7 Å². The van der Waals surface area contributed by atoms with Crippen molar-refractivity contribution in [1.82, 2.24) is 9.80 Å². The van der Waals surface area contributed by atoms with Gasteiger partial charge in [0.05, 0.1) is 5.56 Å². The molecule has 0 spiro atoms. The van der Waals surface area contributed by atoms with E-state index in [0.717, 1.165) is 5.56 Å². The topological polar surface area (TPSA) is 40.6 Å². The standard InChI is InChI=1S/C20H20BrFN2O2/c1-14-4-2-5-15(12-14)19(25)23-8-3-9-24(11-10-23)20(26)17-7-6-16(22)13-18(17)21/h2,4-7,12-13H,3,8-11H2,1H3. The van der Waals surface area contributed by atoms with Gasteiger partial charge in [-0.05, 0) is 59.6 Å². The first-order chi connectivity index (χ1) is 12.5. The van der Waals surface area contributed by atoms with Crippen molar-refractivity contribution in [2.45, 2.75) is 13.3 Å². The molecule has 136 valence electrons. The van der Waals surface area contributed by atoms with Crippen molar-refractivity contribution in [2.75, 3.05) is 26.2 Å². The van der Waals surface area contributed by atoms with Crippen LogP contribution in [0.25, 0.3) is 0 Å². The first-order valence-corrected chi connectivity index (χ1v) is 9.35. The molecule has 0 bridgehead atoms. The van der Waals surface area contributed by atoms with E-state index in [1.165, 1.54) is 18.2 Å². The minimum Gasteiger partial charge on any atom is -0.337 e. The molecule has 0 unspecified atom stereocenters. The Bertz CT molecular complexity index is 840. The summed E-state index contributed by atoms with van der Waals surface area (Å²) in [6.07, 6.45) is 0.710. The zero-order valence-electron chi connectivity index (χ0n) is 14.5. The molecule has 0 radical (unpaired) electrons. The lowest BCUT2D eigenvalue weighted by Crippen LogP contribution is -2.37. The number of hydrogen-bond donors (Lipinski definition) is 0. The molecule has 1 saturated heterocycles. The Balaban J connectivity index is 1.70. The maximum Gasteiger partial charge on any atom is 0.255 e. The maximum atomic E-state index is 13.2. The predicted octanol–water partition coefficient (Wildman–Crippen LogP) is 3.88. The Kier molecular flexibility index (Phi) is 5.71. The van der Waals surface area contributed by atoms with Crippen LogP contribution in [0.3, 0.4) is 0 Å². The molecular weight excluding hydrogens is 399 g/mol. The third-order valence-corrected chi connectivity index (χ3v) is 5.15. The fraction of sp³-hybridized carbons (Fsp3) is 0.300. The molecule has 1 heterocycles. The Morgan fingerprint density at radius 2 is 1.65 bits per heavy atom. The van der Waals surface area contributed by atoms with Gasteiger partial charge in [0.2, 0.25) is 0 Å². The molecule has 0 N–H and O–H groups in total. The van der Waals surface area contributed by atoms with Crippen LogP contribution < -0.4 is 0 Å². The Morgan fingerprint density at radius 1 is 0.962 bits per heavy atom. The van der Waals surface area contributed by atoms with Crippen LogP contribution in [0.4, 0.5) is 4.39 Å². The number of carbonyl (C=O) groups excluding carboxylic acids is 2. The van der Waals surface area contributed by atoms with Crippen LogP contribution in [0.1, 0.15) is 32.7 Å². The summed E-state index contributed by atoms with van der Waals surface area (Å²) < 4.78 is 13.7. The zero-order valence-corrected chi connectivity index (χ0v) is 16.1. The van der Waals surface area contributed by atoms with E-state index >= 15 is 0 Å². The summed E-state index contributed by atoms with van der Waals surface area (Å²) in [5, 5.41) is 0. The fourth-order valence-electron chi connectivity index (χ4n) is 3.12. The van der Waals surface area contributed by atoms with E-state index in [1.54, 1.807) is 9.80 Å². The monoisotopic (exact) mass is 418 g/mol. The minimum atomic E-state index is -0.390. The SMILES string of the molecule is Cc1cccc(C(=O)N2CCCN(C(=O)c3ccc(F)cc3Br)CC2)c1. The summed E-state index contributed by atoms with van der Waals surface area (Å²) in [5.74, 6) is -0.549. The molecule has 0 aromatic heterocycles. The Morgan fingerprint density at radius 3 is 2.31 bits per heavy atom. The molecule has 2 amide bonds. The van der Waals surface area contributed by atoms with Gasteiger partial charge >= 0.3 is 0 Å². The smallest absolute Gasteiger partial charge is 0.255 e. The van der Waals surface area contributed by atoms with Gasteiger partial charge in [0, 0.05) is 36.2 Å². The number of rotatable bonds is 2. The second-order valence-corrected chi connectivity index (χ2v) is 7.29. The molecule has 1 fully saturated rings. The van der Waals surface area contributed by atoms with E-state index in [1.807, 2.05) is 31.2 Å². The molecule has 2 aromatic carbocycles. The molecule has 3 rings (SSSR count). The predicted molar refractivity (Wildman–Crippen MR) is 102 cm³/mol. The van der Waals surface area contributed by atoms with Gasteiger partial charge in [0.1, 0.15) is 5.82 Å². The highest BCUT2D eigenvalue weighted by atomic mass is 79.9. The Labute approximate surface area is 160 Å². The van der Waals surface area contributed by atoms with Gasteiger partial charge in [-0.25, -0.2) is 4.39 Å². The van der Waals surface area contributed by atoms with E-state index in [2.05, 4.69) is 15.9 Å². The highest BCUT2D eigenvalue weighted by molar-refractivity contribution is 9.10. The number of carbonyl (C=O) groups is 2. The van der Waals surface area contributed by atoms with Crippen molar-refractivity contribution in [1.29, 1.82) is 0 Å². The summed E-state index contributed by atoms with van der Waals surface area (Å²) in [6, 6.07) is 11.6. The first kappa shape index (κ1) is 18.6. The largest absolute Gasteiger partial charge is 0.337 e. The minimum absolute atomic E-state index is 0.00837. The molecule has 0 atom stereocenters. The van der Waals surface area contributed by atoms with E-state index in [-0.39, 0.29) is 17.6 Å². The molecule has 4 nitrogen and oxygen atoms in total. The van der Waals surface area contributed by atoms with Crippen LogP contribution in [0.2, 0.25) is 0 Å². The van der Waals surface area contributed by atoms with Gasteiger partial charge in [-0.15, -0.1) is 0 Å². The van der Waals surface area contributed by atoms with E-state index in [9.17, 15) is 14.0 Å². The van der Waals surface area contributed by atoms with Gasteiger partial charge in [-0.2, -0.15) is 0 Å². The molecule has 2 aromatic rings. The third kappa shape index (κ3) is 4.12. The van der Waals surface area contributed by atoms with Crippen LogP contribution in [0.15, 0.2) is 46.9 Å². The maximum absolute atomic E-state index is 13.2. The number of benzene rings is 2. The molecule has 0 saturated carbocycles. The second-order valence-electron chi connectivity index (χ2n) is 6.43. The summed E-state index contributed by atoms with van der Waals surface area (Å²) in [5.41, 5.74) is 2.15. The lowest BCUT2D eigenvalue weighted by molar-refractivity contribution is 0.0718. The highest BCUT2D eigenvalue weighted by Gasteiger charge is 2.24. The quantitative estimate of drug-likeness (QED) is 0.742. The van der Waals surface area contributed by atoms with Crippen LogP contribution in [-0.2, 0) is 0 Å². The van der Waals surface area contributed by atoms with Gasteiger partial charge in [0.25, 0.3) is 11.8 Å². The van der Waals surface area contributed by atoms with Crippen LogP contribution in [-0.4, -0.2) is 47.8 Å². The van der Waals surface area contributed by atoms with Gasteiger partial charge in [-0.3, -0.25) is 9.59 Å². The van der Waals surface area contributed by atoms with Crippen LogP contribution >= 0.6 is 15.9 Å². The summed E-state index contributed by atoms with van der Waals surface area (Å²) in [4.78, 5) is 29.0. The van der Waals surface area contributed by atoms with Crippen molar-refractivity contribution in [2.24, 2.45) is 0 Å². The summed E-state index contributed by atoms with van der Waals surface area (Å²) in [6.45, 7) is 4.08. The van der Waals surface area contributed by atoms with Crippen molar-refractivity contribution in [3.05, 3.63) is 69.4 Å². The van der Waals surface area contributed by atoms with Gasteiger partial charge in [-0.1, -0.05) is 17.7 Å². The zero-order chi connectivity index (χ0) is 18.7. The third-order valence-electron chi connectivity index (χ3n) is 4.50. The molecule has 26 heavy (non-hydrogen) atoms. The van der Waals surface area contributed by atoms with E-state index < -0.39 is 0 Å². The highest BCUT2D eigenvalue weighted by Crippen LogP contribution is 2.21. The van der Waals surface area contributed by atoms with Crippen molar-refractivity contribution in [3.63, 3.8) is 0 Å². The normalized spacial score (nSPS) is 14.9. The summed E-state index contributed by atoms with van der Waals surface area (Å²) >= 11 is 3.25. The number of halogens is 2. The lowest BCUT2D eigenvalue weighted by Gasteiger charge is -2.23. The second kappa shape index (κ2) is 7.99. The van der Waals surface area contributed by atoms with Crippen LogP contribution in [0.5, 0.6) is 0 Å². The summed E-state index contributed by atoms with van der Waals surface area (Å²) in [7, 11) is 0. The van der Waals surface area contributed by atoms with Gasteiger partial charge in [0.15, 0.2) is 0 Å².